The highest BCUT2D eigenvalue weighted by atomic mass is 32.2. The van der Waals surface area contributed by atoms with Gasteiger partial charge in [-0.2, -0.15) is 39.5 Å². The van der Waals surface area contributed by atoms with Crippen LogP contribution in [-0.4, -0.2) is 26.7 Å². The van der Waals surface area contributed by atoms with E-state index < -0.39 is 40.4 Å². The smallest absolute Gasteiger partial charge is 0.248 e. The Labute approximate surface area is 141 Å². The van der Waals surface area contributed by atoms with Crippen molar-refractivity contribution in [3.63, 3.8) is 0 Å². The monoisotopic (exact) mass is 393 g/mol. The third-order valence-electron chi connectivity index (χ3n) is 3.10. The molecule has 0 heterocycles. The minimum atomic E-state index is -4.79. The van der Waals surface area contributed by atoms with Crippen molar-refractivity contribution >= 4 is 10.3 Å². The highest BCUT2D eigenvalue weighted by Crippen LogP contribution is 2.29. The van der Waals surface area contributed by atoms with Crippen molar-refractivity contribution < 1.29 is 38.9 Å². The summed E-state index contributed by atoms with van der Waals surface area (Å²) in [6.45, 7) is 0.897. The van der Waals surface area contributed by atoms with E-state index in [0.29, 0.717) is 5.56 Å². The van der Waals surface area contributed by atoms with E-state index in [-0.39, 0.29) is 12.8 Å². The van der Waals surface area contributed by atoms with E-state index in [2.05, 4.69) is 4.18 Å². The summed E-state index contributed by atoms with van der Waals surface area (Å²) in [5.74, 6) is 0. The second-order valence-electron chi connectivity index (χ2n) is 6.01. The van der Waals surface area contributed by atoms with Gasteiger partial charge in [0.05, 0.1) is 5.56 Å². The van der Waals surface area contributed by atoms with Crippen LogP contribution < -0.4 is 4.72 Å². The number of alkyl halides is 6. The Bertz CT molecular complexity index is 665. The Hall–Kier alpha value is -1.33. The van der Waals surface area contributed by atoms with Crippen molar-refractivity contribution in [2.45, 2.75) is 44.6 Å². The molecule has 1 rings (SSSR count). The molecule has 1 N–H and O–H groups in total. The molecular weight excluding hydrogens is 376 g/mol. The Morgan fingerprint density at radius 3 is 1.96 bits per heavy atom. The minimum absolute atomic E-state index is 0.132. The highest BCUT2D eigenvalue weighted by molar-refractivity contribution is 7.84. The summed E-state index contributed by atoms with van der Waals surface area (Å²) in [5, 5.41) is 0. The van der Waals surface area contributed by atoms with Gasteiger partial charge in [0.15, 0.2) is 6.61 Å². The molecule has 0 aliphatic heterocycles. The van der Waals surface area contributed by atoms with Gasteiger partial charge in [-0.15, -0.1) is 0 Å². The topological polar surface area (TPSA) is 55.4 Å². The molecule has 0 aliphatic rings. The van der Waals surface area contributed by atoms with Gasteiger partial charge in [0.1, 0.15) is 0 Å². The molecule has 0 fully saturated rings. The molecule has 4 nitrogen and oxygen atoms in total. The van der Waals surface area contributed by atoms with E-state index in [1.54, 1.807) is 0 Å². The van der Waals surface area contributed by atoms with Crippen LogP contribution in [0.3, 0.4) is 0 Å². The van der Waals surface area contributed by atoms with Crippen molar-refractivity contribution in [1.29, 1.82) is 0 Å². The molecule has 0 aliphatic carbocycles. The normalized spacial score (nSPS) is 13.9. The third-order valence-corrected chi connectivity index (χ3v) is 4.33. The maximum Gasteiger partial charge on any atom is 0.416 e. The summed E-state index contributed by atoms with van der Waals surface area (Å²) in [6.07, 6.45) is -8.90. The first kappa shape index (κ1) is 21.7. The van der Waals surface area contributed by atoms with E-state index in [0.717, 1.165) is 12.1 Å². The fourth-order valence-electron chi connectivity index (χ4n) is 1.88. The summed E-state index contributed by atoms with van der Waals surface area (Å²) in [6, 6.07) is 4.32. The van der Waals surface area contributed by atoms with Crippen LogP contribution in [0.5, 0.6) is 0 Å². The van der Waals surface area contributed by atoms with Gasteiger partial charge in [0.2, 0.25) is 0 Å². The predicted molar refractivity (Wildman–Crippen MR) is 77.9 cm³/mol. The molecule has 1 aromatic rings. The zero-order chi connectivity index (χ0) is 19.5. The highest BCUT2D eigenvalue weighted by Gasteiger charge is 2.33. The zero-order valence-electron chi connectivity index (χ0n) is 13.3. The molecular formula is C14H17F6NO3S. The lowest BCUT2D eigenvalue weighted by Crippen LogP contribution is -2.45. The fourth-order valence-corrected chi connectivity index (χ4v) is 3.01. The molecule has 144 valence electrons. The largest absolute Gasteiger partial charge is 0.416 e. The lowest BCUT2D eigenvalue weighted by Gasteiger charge is -2.25. The Morgan fingerprint density at radius 2 is 1.52 bits per heavy atom. The second kappa shape index (κ2) is 7.50. The van der Waals surface area contributed by atoms with E-state index in [4.69, 9.17) is 0 Å². The van der Waals surface area contributed by atoms with Crippen LogP contribution in [-0.2, 0) is 27.1 Å². The summed E-state index contributed by atoms with van der Waals surface area (Å²) in [5.41, 5.74) is -1.44. The van der Waals surface area contributed by atoms with Gasteiger partial charge in [-0.1, -0.05) is 12.1 Å². The second-order valence-corrected chi connectivity index (χ2v) is 7.36. The van der Waals surface area contributed by atoms with Crippen LogP contribution in [0.2, 0.25) is 0 Å². The average Bonchev–Trinajstić information content (AvgIpc) is 2.41. The number of aryl methyl sites for hydroxylation is 1. The molecule has 0 radical (unpaired) electrons. The molecule has 0 saturated carbocycles. The van der Waals surface area contributed by atoms with Gasteiger partial charge in [0.25, 0.3) is 0 Å². The minimum Gasteiger partial charge on any atom is -0.248 e. The van der Waals surface area contributed by atoms with Crippen molar-refractivity contribution in [2.75, 3.05) is 6.61 Å². The SMILES string of the molecule is CC(C)(CCc1ccc(C(F)(F)F)cc1)NS(=O)(=O)OCC(F)(F)F. The van der Waals surface area contributed by atoms with Gasteiger partial charge in [-0.25, -0.2) is 4.18 Å². The number of nitrogens with one attached hydrogen (secondary N) is 1. The van der Waals surface area contributed by atoms with Crippen LogP contribution >= 0.6 is 0 Å². The molecule has 0 atom stereocenters. The first-order valence-electron chi connectivity index (χ1n) is 7.01. The summed E-state index contributed by atoms with van der Waals surface area (Å²) >= 11 is 0. The van der Waals surface area contributed by atoms with Crippen molar-refractivity contribution in [2.24, 2.45) is 0 Å². The van der Waals surface area contributed by atoms with Gasteiger partial charge < -0.3 is 0 Å². The Morgan fingerprint density at radius 1 is 1.00 bits per heavy atom. The van der Waals surface area contributed by atoms with Crippen LogP contribution in [0.25, 0.3) is 0 Å². The van der Waals surface area contributed by atoms with Gasteiger partial charge in [-0.3, -0.25) is 0 Å². The van der Waals surface area contributed by atoms with E-state index in [9.17, 15) is 34.8 Å². The molecule has 0 saturated heterocycles. The molecule has 25 heavy (non-hydrogen) atoms. The van der Waals surface area contributed by atoms with Crippen LogP contribution in [0.4, 0.5) is 26.3 Å². The molecule has 0 amide bonds. The molecule has 0 spiro atoms. The quantitative estimate of drug-likeness (QED) is 0.717. The molecule has 0 bridgehead atoms. The standard InChI is InChI=1S/C14H17F6NO3S/c1-12(2,21-25(22,23)24-9-13(15,16)17)8-7-10-3-5-11(6-4-10)14(18,19)20/h3-6,21H,7-9H2,1-2H3. The Kier molecular flexibility index (Phi) is 6.52. The van der Waals surface area contributed by atoms with E-state index in [1.165, 1.54) is 26.0 Å². The molecule has 11 heteroatoms. The van der Waals surface area contributed by atoms with Crippen molar-refractivity contribution in [1.82, 2.24) is 4.72 Å². The number of hydrogen-bond donors (Lipinski definition) is 1. The number of rotatable bonds is 7. The first-order chi connectivity index (χ1) is 11.1. The summed E-state index contributed by atoms with van der Waals surface area (Å²) in [4.78, 5) is 0. The van der Waals surface area contributed by atoms with Crippen LogP contribution in [0.15, 0.2) is 24.3 Å². The average molecular weight is 393 g/mol. The number of halogens is 6. The maximum absolute atomic E-state index is 12.5. The fraction of sp³-hybridized carbons (Fsp3) is 0.571. The zero-order valence-corrected chi connectivity index (χ0v) is 14.1. The van der Waals surface area contributed by atoms with Gasteiger partial charge >= 0.3 is 22.7 Å². The first-order valence-corrected chi connectivity index (χ1v) is 8.42. The van der Waals surface area contributed by atoms with Crippen LogP contribution in [0.1, 0.15) is 31.4 Å². The molecule has 1 aromatic carbocycles. The number of benzene rings is 1. The maximum atomic E-state index is 12.5. The van der Waals surface area contributed by atoms with Crippen molar-refractivity contribution in [3.05, 3.63) is 35.4 Å². The number of hydrogen-bond acceptors (Lipinski definition) is 3. The van der Waals surface area contributed by atoms with E-state index in [1.807, 2.05) is 4.72 Å². The third kappa shape index (κ3) is 8.54. The lowest BCUT2D eigenvalue weighted by atomic mass is 9.96. The van der Waals surface area contributed by atoms with Gasteiger partial charge in [0, 0.05) is 5.54 Å². The van der Waals surface area contributed by atoms with Gasteiger partial charge in [-0.05, 0) is 44.4 Å². The Balaban J connectivity index is 2.63. The molecule has 0 unspecified atom stereocenters. The lowest BCUT2D eigenvalue weighted by molar-refractivity contribution is -0.152. The van der Waals surface area contributed by atoms with Crippen LogP contribution in [0, 0.1) is 0 Å². The van der Waals surface area contributed by atoms with E-state index >= 15 is 0 Å². The molecule has 0 aromatic heterocycles. The summed E-state index contributed by atoms with van der Waals surface area (Å²) in [7, 11) is -4.62. The van der Waals surface area contributed by atoms with Crippen molar-refractivity contribution in [3.8, 4) is 0 Å². The predicted octanol–water partition coefficient (Wildman–Crippen LogP) is 3.83. The summed E-state index contributed by atoms with van der Waals surface area (Å²) < 4.78 is 102.